The molecule has 19 heavy (non-hydrogen) atoms. The van der Waals surface area contributed by atoms with Gasteiger partial charge in [0.05, 0.1) is 12.7 Å². The van der Waals surface area contributed by atoms with Crippen molar-refractivity contribution in [3.63, 3.8) is 0 Å². The molecule has 1 aromatic rings. The summed E-state index contributed by atoms with van der Waals surface area (Å²) in [5, 5.41) is 0. The fraction of sp³-hybridized carbons (Fsp3) is 0.286. The summed E-state index contributed by atoms with van der Waals surface area (Å²) in [7, 11) is 2.72. The first-order valence-corrected chi connectivity index (χ1v) is 5.81. The van der Waals surface area contributed by atoms with Crippen molar-refractivity contribution in [3.05, 3.63) is 47.0 Å². The molecule has 1 aromatic carbocycles. The highest BCUT2D eigenvalue weighted by Crippen LogP contribution is 2.47. The lowest BCUT2D eigenvalue weighted by molar-refractivity contribution is -0.206. The van der Waals surface area contributed by atoms with Gasteiger partial charge in [-0.25, -0.2) is 4.79 Å². The van der Waals surface area contributed by atoms with Gasteiger partial charge in [-0.15, -0.1) is 0 Å². The number of hydrogen-bond donors (Lipinski definition) is 0. The molecule has 0 saturated carbocycles. The van der Waals surface area contributed by atoms with Crippen LogP contribution in [-0.4, -0.2) is 32.1 Å². The third-order valence-corrected chi connectivity index (χ3v) is 3.46. The Morgan fingerprint density at radius 2 is 2.05 bits per heavy atom. The molecule has 0 aromatic heterocycles. The second-order valence-electron chi connectivity index (χ2n) is 4.34. The summed E-state index contributed by atoms with van der Waals surface area (Å²) in [6, 6.07) is 6.95. The predicted octanol–water partition coefficient (Wildman–Crippen LogP) is 1.18. The Labute approximate surface area is 109 Å². The molecule has 0 fully saturated rings. The SMILES string of the molecule is COC(=O)C1=CC2OC1(OC)c1ccccc1C2=O. The minimum absolute atomic E-state index is 0.179. The molecule has 3 rings (SSSR count). The van der Waals surface area contributed by atoms with Gasteiger partial charge in [0, 0.05) is 18.2 Å². The van der Waals surface area contributed by atoms with Crippen LogP contribution in [-0.2, 0) is 24.8 Å². The van der Waals surface area contributed by atoms with E-state index in [2.05, 4.69) is 0 Å². The minimum Gasteiger partial charge on any atom is -0.466 e. The molecule has 2 atom stereocenters. The van der Waals surface area contributed by atoms with E-state index < -0.39 is 17.9 Å². The Balaban J connectivity index is 2.25. The lowest BCUT2D eigenvalue weighted by atomic mass is 9.92. The fourth-order valence-electron chi connectivity index (χ4n) is 2.59. The third-order valence-electron chi connectivity index (χ3n) is 3.46. The number of carbonyl (C=O) groups is 2. The van der Waals surface area contributed by atoms with E-state index in [0.717, 1.165) is 0 Å². The smallest absolute Gasteiger partial charge is 0.339 e. The first kappa shape index (κ1) is 12.1. The van der Waals surface area contributed by atoms with Crippen LogP contribution in [0.25, 0.3) is 0 Å². The molecule has 2 heterocycles. The largest absolute Gasteiger partial charge is 0.466 e. The first-order valence-electron chi connectivity index (χ1n) is 5.81. The molecule has 0 radical (unpaired) electrons. The summed E-state index contributed by atoms with van der Waals surface area (Å²) >= 11 is 0. The molecule has 98 valence electrons. The molecule has 0 amide bonds. The number of Topliss-reactive ketones (excluding diaryl/α,β-unsaturated/α-hetero) is 1. The fourth-order valence-corrected chi connectivity index (χ4v) is 2.59. The van der Waals surface area contributed by atoms with E-state index in [4.69, 9.17) is 14.2 Å². The molecular formula is C14H12O5. The van der Waals surface area contributed by atoms with Crippen molar-refractivity contribution in [2.75, 3.05) is 14.2 Å². The van der Waals surface area contributed by atoms with Crippen molar-refractivity contribution in [1.82, 2.24) is 0 Å². The Kier molecular flexibility index (Phi) is 2.55. The topological polar surface area (TPSA) is 61.8 Å². The molecule has 2 bridgehead atoms. The van der Waals surface area contributed by atoms with Crippen LogP contribution in [0, 0.1) is 0 Å². The van der Waals surface area contributed by atoms with Crippen LogP contribution in [0.2, 0.25) is 0 Å². The summed E-state index contributed by atoms with van der Waals surface area (Å²) in [5.74, 6) is -2.08. The van der Waals surface area contributed by atoms with Crippen molar-refractivity contribution in [3.8, 4) is 0 Å². The van der Waals surface area contributed by atoms with Gasteiger partial charge in [0.1, 0.15) is 6.10 Å². The molecule has 0 spiro atoms. The van der Waals surface area contributed by atoms with Crippen LogP contribution in [0.15, 0.2) is 35.9 Å². The van der Waals surface area contributed by atoms with Gasteiger partial charge in [-0.05, 0) is 6.08 Å². The average molecular weight is 260 g/mol. The normalized spacial score (nSPS) is 27.8. The van der Waals surface area contributed by atoms with Gasteiger partial charge in [-0.1, -0.05) is 24.3 Å². The van der Waals surface area contributed by atoms with Crippen LogP contribution >= 0.6 is 0 Å². The number of carbonyl (C=O) groups excluding carboxylic acids is 2. The molecule has 0 N–H and O–H groups in total. The van der Waals surface area contributed by atoms with Crippen LogP contribution < -0.4 is 0 Å². The molecular weight excluding hydrogens is 248 g/mol. The van der Waals surface area contributed by atoms with Crippen LogP contribution in [0.4, 0.5) is 0 Å². The molecule has 0 aliphatic carbocycles. The molecule has 5 heteroatoms. The van der Waals surface area contributed by atoms with E-state index in [1.54, 1.807) is 24.3 Å². The highest BCUT2D eigenvalue weighted by Gasteiger charge is 2.55. The zero-order chi connectivity index (χ0) is 13.6. The van der Waals surface area contributed by atoms with Crippen LogP contribution in [0.3, 0.4) is 0 Å². The average Bonchev–Trinajstić information content (AvgIpc) is 2.82. The lowest BCUT2D eigenvalue weighted by Crippen LogP contribution is -2.42. The zero-order valence-electron chi connectivity index (χ0n) is 10.5. The van der Waals surface area contributed by atoms with E-state index >= 15 is 0 Å². The van der Waals surface area contributed by atoms with E-state index in [-0.39, 0.29) is 11.4 Å². The van der Waals surface area contributed by atoms with Crippen molar-refractivity contribution < 1.29 is 23.8 Å². The number of ketones is 1. The number of hydrogen-bond acceptors (Lipinski definition) is 5. The molecule has 0 saturated heterocycles. The maximum Gasteiger partial charge on any atom is 0.339 e. The maximum atomic E-state index is 12.2. The predicted molar refractivity (Wildman–Crippen MR) is 64.4 cm³/mol. The van der Waals surface area contributed by atoms with Crippen LogP contribution in [0.1, 0.15) is 15.9 Å². The van der Waals surface area contributed by atoms with Crippen LogP contribution in [0.5, 0.6) is 0 Å². The maximum absolute atomic E-state index is 12.2. The van der Waals surface area contributed by atoms with E-state index in [0.29, 0.717) is 11.1 Å². The first-order chi connectivity index (χ1) is 9.14. The monoisotopic (exact) mass is 260 g/mol. The Morgan fingerprint density at radius 3 is 2.74 bits per heavy atom. The number of esters is 1. The standard InChI is InChI=1S/C14H12O5/c1-17-13(16)10-7-11-12(15)8-5-3-4-6-9(8)14(10,18-2)19-11/h3-7,11H,1-2H3. The highest BCUT2D eigenvalue weighted by molar-refractivity contribution is 6.07. The molecule has 5 nitrogen and oxygen atoms in total. The number of methoxy groups -OCH3 is 2. The van der Waals surface area contributed by atoms with Crippen molar-refractivity contribution in [2.24, 2.45) is 0 Å². The summed E-state index contributed by atoms with van der Waals surface area (Å²) < 4.78 is 15.8. The van der Waals surface area contributed by atoms with Gasteiger partial charge in [0.2, 0.25) is 5.79 Å². The third kappa shape index (κ3) is 1.42. The quantitative estimate of drug-likeness (QED) is 0.747. The Morgan fingerprint density at radius 1 is 1.32 bits per heavy atom. The van der Waals surface area contributed by atoms with Gasteiger partial charge < -0.3 is 14.2 Å². The number of benzene rings is 1. The number of ether oxygens (including phenoxy) is 3. The second kappa shape index (κ2) is 4.01. The number of rotatable bonds is 2. The zero-order valence-corrected chi connectivity index (χ0v) is 10.5. The summed E-state index contributed by atoms with van der Waals surface area (Å²) in [6.45, 7) is 0. The van der Waals surface area contributed by atoms with Crippen molar-refractivity contribution >= 4 is 11.8 Å². The van der Waals surface area contributed by atoms with Gasteiger partial charge in [0.25, 0.3) is 0 Å². The summed E-state index contributed by atoms with van der Waals surface area (Å²) in [5.41, 5.74) is 1.25. The second-order valence-corrected chi connectivity index (χ2v) is 4.34. The van der Waals surface area contributed by atoms with Gasteiger partial charge >= 0.3 is 5.97 Å². The lowest BCUT2D eigenvalue weighted by Gasteiger charge is -2.35. The molecule has 2 unspecified atom stereocenters. The molecule has 2 aliphatic rings. The summed E-state index contributed by atoms with van der Waals surface area (Å²) in [6.07, 6.45) is 0.668. The summed E-state index contributed by atoms with van der Waals surface area (Å²) in [4.78, 5) is 24.1. The van der Waals surface area contributed by atoms with Crippen molar-refractivity contribution in [2.45, 2.75) is 11.9 Å². The van der Waals surface area contributed by atoms with Gasteiger partial charge in [-0.3, -0.25) is 4.79 Å². The van der Waals surface area contributed by atoms with E-state index in [1.807, 2.05) is 0 Å². The highest BCUT2D eigenvalue weighted by atomic mass is 16.7. The Bertz CT molecular complexity index is 604. The number of fused-ring (bicyclic) bond motifs is 4. The van der Waals surface area contributed by atoms with Gasteiger partial charge in [-0.2, -0.15) is 0 Å². The van der Waals surface area contributed by atoms with Gasteiger partial charge in [0.15, 0.2) is 5.78 Å². The van der Waals surface area contributed by atoms with E-state index in [1.165, 1.54) is 20.3 Å². The molecule has 2 aliphatic heterocycles. The Hall–Kier alpha value is -1.98. The van der Waals surface area contributed by atoms with Crippen molar-refractivity contribution in [1.29, 1.82) is 0 Å². The minimum atomic E-state index is -1.34. The van der Waals surface area contributed by atoms with E-state index in [9.17, 15) is 9.59 Å².